The van der Waals surface area contributed by atoms with Crippen LogP contribution >= 0.6 is 12.4 Å². The number of hydrogen-bond donors (Lipinski definition) is 2. The van der Waals surface area contributed by atoms with Crippen LogP contribution in [0.25, 0.3) is 0 Å². The number of rotatable bonds is 6. The van der Waals surface area contributed by atoms with Gasteiger partial charge in [-0.25, -0.2) is 4.79 Å². The van der Waals surface area contributed by atoms with Gasteiger partial charge in [0.2, 0.25) is 5.91 Å². The van der Waals surface area contributed by atoms with Gasteiger partial charge < -0.3 is 10.6 Å². The molecule has 0 aromatic carbocycles. The van der Waals surface area contributed by atoms with E-state index in [1.807, 2.05) is 0 Å². The fraction of sp³-hybridized carbons (Fsp3) is 0.846. The predicted molar refractivity (Wildman–Crippen MR) is 80.1 cm³/mol. The molecule has 0 spiro atoms. The minimum Gasteiger partial charge on any atom is -0.329 e. The van der Waals surface area contributed by atoms with Crippen LogP contribution in [0, 0.1) is 0 Å². The van der Waals surface area contributed by atoms with E-state index in [1.54, 1.807) is 0 Å². The summed E-state index contributed by atoms with van der Waals surface area (Å²) in [6, 6.07) is 0.341. The van der Waals surface area contributed by atoms with Gasteiger partial charge >= 0.3 is 6.03 Å². The Morgan fingerprint density at radius 1 is 1.25 bits per heavy atom. The minimum absolute atomic E-state index is 0. The van der Waals surface area contributed by atoms with E-state index >= 15 is 0 Å². The van der Waals surface area contributed by atoms with Crippen molar-refractivity contribution in [2.75, 3.05) is 39.3 Å². The van der Waals surface area contributed by atoms with Crippen molar-refractivity contribution in [1.82, 2.24) is 20.4 Å². The van der Waals surface area contributed by atoms with E-state index in [0.717, 1.165) is 45.4 Å². The Labute approximate surface area is 126 Å². The smallest absolute Gasteiger partial charge is 0.324 e. The molecule has 2 aliphatic rings. The highest BCUT2D eigenvalue weighted by molar-refractivity contribution is 6.01. The lowest BCUT2D eigenvalue weighted by atomic mass is 10.0. The average Bonchev–Trinajstić information content (AvgIpc) is 2.75. The first kappa shape index (κ1) is 17.2. The maximum Gasteiger partial charge on any atom is 0.324 e. The van der Waals surface area contributed by atoms with Gasteiger partial charge in [0.1, 0.15) is 0 Å². The molecular weight excluding hydrogens is 280 g/mol. The highest BCUT2D eigenvalue weighted by Crippen LogP contribution is 2.12. The third-order valence-corrected chi connectivity index (χ3v) is 3.88. The van der Waals surface area contributed by atoms with E-state index in [1.165, 1.54) is 4.90 Å². The second-order valence-corrected chi connectivity index (χ2v) is 5.22. The fourth-order valence-corrected chi connectivity index (χ4v) is 2.85. The summed E-state index contributed by atoms with van der Waals surface area (Å²) in [6.45, 7) is 6.78. The normalized spacial score (nSPS) is 20.2. The number of piperidine rings is 1. The number of imide groups is 1. The lowest BCUT2D eigenvalue weighted by Crippen LogP contribution is -2.47. The summed E-state index contributed by atoms with van der Waals surface area (Å²) in [6.07, 6.45) is 3.41. The number of nitrogens with zero attached hydrogens (tertiary/aromatic N) is 2. The first-order valence-corrected chi connectivity index (χ1v) is 7.25. The van der Waals surface area contributed by atoms with E-state index in [2.05, 4.69) is 22.5 Å². The molecule has 0 bridgehead atoms. The van der Waals surface area contributed by atoms with Crippen molar-refractivity contribution >= 4 is 24.3 Å². The maximum atomic E-state index is 11.5. The van der Waals surface area contributed by atoms with Crippen molar-refractivity contribution < 1.29 is 9.59 Å². The molecule has 2 rings (SSSR count). The topological polar surface area (TPSA) is 64.7 Å². The zero-order valence-corrected chi connectivity index (χ0v) is 12.9. The van der Waals surface area contributed by atoms with Crippen molar-refractivity contribution in [2.24, 2.45) is 0 Å². The Morgan fingerprint density at radius 2 is 1.95 bits per heavy atom. The van der Waals surface area contributed by atoms with Crippen LogP contribution in [0.4, 0.5) is 4.79 Å². The summed E-state index contributed by atoms with van der Waals surface area (Å²) in [7, 11) is 0. The summed E-state index contributed by atoms with van der Waals surface area (Å²) in [5, 5.41) is 5.93. The molecule has 2 heterocycles. The largest absolute Gasteiger partial charge is 0.329 e. The molecule has 0 aliphatic carbocycles. The minimum atomic E-state index is -0.244. The van der Waals surface area contributed by atoms with Gasteiger partial charge in [-0.3, -0.25) is 14.6 Å². The van der Waals surface area contributed by atoms with Crippen molar-refractivity contribution in [2.45, 2.75) is 32.2 Å². The van der Waals surface area contributed by atoms with Crippen molar-refractivity contribution in [1.29, 1.82) is 0 Å². The summed E-state index contributed by atoms with van der Waals surface area (Å²) in [5.74, 6) is -0.105. The van der Waals surface area contributed by atoms with Gasteiger partial charge in [0.05, 0.1) is 6.54 Å². The lowest BCUT2D eigenvalue weighted by molar-refractivity contribution is -0.125. The van der Waals surface area contributed by atoms with Crippen LogP contribution in [0.1, 0.15) is 26.2 Å². The lowest BCUT2D eigenvalue weighted by Gasteiger charge is -2.35. The fourth-order valence-electron chi connectivity index (χ4n) is 2.85. The highest BCUT2D eigenvalue weighted by atomic mass is 35.5. The quantitative estimate of drug-likeness (QED) is 0.698. The molecule has 2 aliphatic heterocycles. The Kier molecular flexibility index (Phi) is 7.26. The summed E-state index contributed by atoms with van der Waals surface area (Å²) in [4.78, 5) is 26.8. The van der Waals surface area contributed by atoms with Gasteiger partial charge in [-0.05, 0) is 38.9 Å². The van der Waals surface area contributed by atoms with Gasteiger partial charge in [-0.15, -0.1) is 12.4 Å². The molecule has 20 heavy (non-hydrogen) atoms. The van der Waals surface area contributed by atoms with E-state index in [-0.39, 0.29) is 30.9 Å². The number of urea groups is 1. The molecule has 2 saturated heterocycles. The van der Waals surface area contributed by atoms with Crippen LogP contribution in [0.3, 0.4) is 0 Å². The van der Waals surface area contributed by atoms with E-state index < -0.39 is 0 Å². The Balaban J connectivity index is 0.00000200. The summed E-state index contributed by atoms with van der Waals surface area (Å²) >= 11 is 0. The molecule has 0 saturated carbocycles. The van der Waals surface area contributed by atoms with Gasteiger partial charge in [-0.1, -0.05) is 6.92 Å². The molecule has 2 N–H and O–H groups in total. The molecule has 0 atom stereocenters. The highest BCUT2D eigenvalue weighted by Gasteiger charge is 2.29. The third-order valence-electron chi connectivity index (χ3n) is 3.88. The van der Waals surface area contributed by atoms with Crippen molar-refractivity contribution in [3.05, 3.63) is 0 Å². The number of nitrogens with one attached hydrogen (secondary N) is 2. The average molecular weight is 305 g/mol. The molecule has 116 valence electrons. The number of carbonyl (C=O) groups excluding carboxylic acids is 2. The number of amides is 3. The molecule has 0 aromatic heterocycles. The summed E-state index contributed by atoms with van der Waals surface area (Å²) < 4.78 is 0. The van der Waals surface area contributed by atoms with E-state index in [4.69, 9.17) is 0 Å². The SMILES string of the molecule is CCCN(CCN1C(=O)CNC1=O)C1CCNCC1.Cl. The van der Waals surface area contributed by atoms with Crippen molar-refractivity contribution in [3.63, 3.8) is 0 Å². The van der Waals surface area contributed by atoms with Crippen LogP contribution in [0.5, 0.6) is 0 Å². The predicted octanol–water partition coefficient (Wildman–Crippen LogP) is 0.424. The number of hydrogen-bond acceptors (Lipinski definition) is 4. The molecule has 3 amide bonds. The van der Waals surface area contributed by atoms with Crippen LogP contribution in [-0.4, -0.2) is 67.0 Å². The van der Waals surface area contributed by atoms with E-state index in [0.29, 0.717) is 12.6 Å². The molecule has 2 fully saturated rings. The van der Waals surface area contributed by atoms with Gasteiger partial charge in [0.15, 0.2) is 0 Å². The van der Waals surface area contributed by atoms with Crippen LogP contribution in [0.15, 0.2) is 0 Å². The number of carbonyl (C=O) groups is 2. The van der Waals surface area contributed by atoms with Gasteiger partial charge in [0.25, 0.3) is 0 Å². The molecule has 6 nitrogen and oxygen atoms in total. The van der Waals surface area contributed by atoms with Crippen LogP contribution < -0.4 is 10.6 Å². The molecular formula is C13H25ClN4O2. The van der Waals surface area contributed by atoms with Crippen LogP contribution in [-0.2, 0) is 4.79 Å². The third kappa shape index (κ3) is 4.33. The molecule has 0 aromatic rings. The molecule has 7 heteroatoms. The van der Waals surface area contributed by atoms with Gasteiger partial charge in [-0.2, -0.15) is 0 Å². The first-order chi connectivity index (χ1) is 9.22. The maximum absolute atomic E-state index is 11.5. The standard InChI is InChI=1S/C13H24N4O2.ClH/c1-2-7-16(11-3-5-14-6-4-11)8-9-17-12(18)10-15-13(17)19;/h11,14H,2-10H2,1H3,(H,15,19);1H. The Hall–Kier alpha value is -0.850. The first-order valence-electron chi connectivity index (χ1n) is 7.25. The monoisotopic (exact) mass is 304 g/mol. The Bertz CT molecular complexity index is 318. The van der Waals surface area contributed by atoms with Crippen molar-refractivity contribution in [3.8, 4) is 0 Å². The Morgan fingerprint density at radius 3 is 2.50 bits per heavy atom. The van der Waals surface area contributed by atoms with Gasteiger partial charge in [0, 0.05) is 19.1 Å². The second kappa shape index (κ2) is 8.44. The zero-order chi connectivity index (χ0) is 13.7. The van der Waals surface area contributed by atoms with Crippen LogP contribution in [0.2, 0.25) is 0 Å². The zero-order valence-electron chi connectivity index (χ0n) is 12.1. The van der Waals surface area contributed by atoms with E-state index in [9.17, 15) is 9.59 Å². The molecule has 0 unspecified atom stereocenters. The number of halogens is 1. The second-order valence-electron chi connectivity index (χ2n) is 5.22. The molecule has 0 radical (unpaired) electrons. The summed E-state index contributed by atoms with van der Waals surface area (Å²) in [5.41, 5.74) is 0.